The third-order valence-corrected chi connectivity index (χ3v) is 8.02. The molecular weight excluding hydrogens is 474 g/mol. The Hall–Kier alpha value is -3.65. The molecule has 0 radical (unpaired) electrons. The summed E-state index contributed by atoms with van der Waals surface area (Å²) in [6, 6.07) is 16.3. The molecule has 0 spiro atoms. The SMILES string of the molecule is COc1ccc(CNC(=O)c2cn3cc(-c4ccc(C5CCC(CC(=O)O)CC5)cc4)sc3n2)cc1. The summed E-state index contributed by atoms with van der Waals surface area (Å²) in [6.07, 6.45) is 8.13. The number of imidazole rings is 1. The first-order chi connectivity index (χ1) is 17.5. The van der Waals surface area contributed by atoms with Gasteiger partial charge in [-0.15, -0.1) is 0 Å². The molecule has 36 heavy (non-hydrogen) atoms. The number of ether oxygens (including phenoxy) is 1. The number of rotatable bonds is 8. The fourth-order valence-corrected chi connectivity index (χ4v) is 5.89. The zero-order valence-electron chi connectivity index (χ0n) is 20.1. The number of carboxylic acid groups (broad SMARTS) is 1. The van der Waals surface area contributed by atoms with Gasteiger partial charge in [0.15, 0.2) is 4.96 Å². The van der Waals surface area contributed by atoms with Crippen molar-refractivity contribution in [3.8, 4) is 16.2 Å². The van der Waals surface area contributed by atoms with Crippen molar-refractivity contribution in [2.45, 2.75) is 44.6 Å². The molecule has 0 atom stereocenters. The van der Waals surface area contributed by atoms with Gasteiger partial charge in [-0.25, -0.2) is 4.98 Å². The second kappa shape index (κ2) is 10.5. The minimum atomic E-state index is -0.689. The highest BCUT2D eigenvalue weighted by atomic mass is 32.1. The maximum atomic E-state index is 12.6. The van der Waals surface area contributed by atoms with Crippen LogP contribution >= 0.6 is 11.3 Å². The van der Waals surface area contributed by atoms with Crippen LogP contribution in [0.5, 0.6) is 5.75 Å². The Morgan fingerprint density at radius 1 is 1.06 bits per heavy atom. The maximum absolute atomic E-state index is 12.6. The first-order valence-electron chi connectivity index (χ1n) is 12.2. The normalized spacial score (nSPS) is 17.7. The van der Waals surface area contributed by atoms with Crippen molar-refractivity contribution in [1.82, 2.24) is 14.7 Å². The number of nitrogens with zero attached hydrogens (tertiary/aromatic N) is 2. The molecular formula is C28H29N3O4S. The first kappa shape index (κ1) is 24.1. The van der Waals surface area contributed by atoms with Gasteiger partial charge in [0, 0.05) is 25.4 Å². The highest BCUT2D eigenvalue weighted by molar-refractivity contribution is 7.20. The van der Waals surface area contributed by atoms with E-state index < -0.39 is 5.97 Å². The predicted octanol–water partition coefficient (Wildman–Crippen LogP) is 5.75. The van der Waals surface area contributed by atoms with Gasteiger partial charge < -0.3 is 15.2 Å². The fourth-order valence-electron chi connectivity index (χ4n) is 4.92. The van der Waals surface area contributed by atoms with Crippen LogP contribution in [0.25, 0.3) is 15.4 Å². The van der Waals surface area contributed by atoms with Crippen molar-refractivity contribution in [2.24, 2.45) is 5.92 Å². The Bertz CT molecular complexity index is 1320. The number of methoxy groups -OCH3 is 1. The lowest BCUT2D eigenvalue weighted by Gasteiger charge is -2.28. The molecule has 0 aliphatic heterocycles. The topological polar surface area (TPSA) is 92.9 Å². The van der Waals surface area contributed by atoms with E-state index in [-0.39, 0.29) is 12.3 Å². The quantitative estimate of drug-likeness (QED) is 0.319. The van der Waals surface area contributed by atoms with Crippen LogP contribution in [-0.4, -0.2) is 33.5 Å². The van der Waals surface area contributed by atoms with Gasteiger partial charge in [-0.3, -0.25) is 14.0 Å². The molecule has 1 fully saturated rings. The molecule has 2 N–H and O–H groups in total. The van der Waals surface area contributed by atoms with E-state index in [1.807, 2.05) is 34.9 Å². The molecule has 1 saturated carbocycles. The largest absolute Gasteiger partial charge is 0.497 e. The van der Waals surface area contributed by atoms with Crippen molar-refractivity contribution in [2.75, 3.05) is 7.11 Å². The number of carbonyl (C=O) groups excluding carboxylic acids is 1. The van der Waals surface area contributed by atoms with Gasteiger partial charge in [0.05, 0.1) is 12.0 Å². The number of aliphatic carboxylic acids is 1. The smallest absolute Gasteiger partial charge is 0.303 e. The maximum Gasteiger partial charge on any atom is 0.303 e. The van der Waals surface area contributed by atoms with Gasteiger partial charge in [-0.1, -0.05) is 47.7 Å². The van der Waals surface area contributed by atoms with Crippen LogP contribution in [0, 0.1) is 5.92 Å². The van der Waals surface area contributed by atoms with Crippen LogP contribution in [0.4, 0.5) is 0 Å². The average Bonchev–Trinajstić information content (AvgIpc) is 3.48. The van der Waals surface area contributed by atoms with Crippen molar-refractivity contribution in [3.05, 3.63) is 77.7 Å². The van der Waals surface area contributed by atoms with Crippen LogP contribution in [0.15, 0.2) is 60.9 Å². The molecule has 1 aliphatic rings. The number of carbonyl (C=O) groups is 2. The van der Waals surface area contributed by atoms with Gasteiger partial charge in [0.1, 0.15) is 11.4 Å². The van der Waals surface area contributed by atoms with Gasteiger partial charge in [-0.2, -0.15) is 0 Å². The van der Waals surface area contributed by atoms with Gasteiger partial charge in [0.25, 0.3) is 5.91 Å². The van der Waals surface area contributed by atoms with E-state index in [4.69, 9.17) is 9.84 Å². The van der Waals surface area contributed by atoms with Crippen LogP contribution in [-0.2, 0) is 11.3 Å². The molecule has 2 aromatic carbocycles. The third-order valence-electron chi connectivity index (χ3n) is 6.98. The van der Waals surface area contributed by atoms with Crippen molar-refractivity contribution < 1.29 is 19.4 Å². The Balaban J connectivity index is 1.19. The van der Waals surface area contributed by atoms with Crippen molar-refractivity contribution >= 4 is 28.2 Å². The van der Waals surface area contributed by atoms with E-state index in [9.17, 15) is 9.59 Å². The fraction of sp³-hybridized carbons (Fsp3) is 0.321. The molecule has 186 valence electrons. The summed E-state index contributed by atoms with van der Waals surface area (Å²) >= 11 is 1.56. The molecule has 0 unspecified atom stereocenters. The van der Waals surface area contributed by atoms with E-state index in [0.29, 0.717) is 24.1 Å². The number of thiazole rings is 1. The molecule has 4 aromatic rings. The van der Waals surface area contributed by atoms with Crippen molar-refractivity contribution in [3.63, 3.8) is 0 Å². The summed E-state index contributed by atoms with van der Waals surface area (Å²) in [5.74, 6) is 0.709. The number of carboxylic acids is 1. The van der Waals surface area contributed by atoms with E-state index in [1.54, 1.807) is 24.6 Å². The highest BCUT2D eigenvalue weighted by Crippen LogP contribution is 2.38. The van der Waals surface area contributed by atoms with E-state index in [1.165, 1.54) is 5.56 Å². The molecule has 2 heterocycles. The number of benzene rings is 2. The monoisotopic (exact) mass is 503 g/mol. The summed E-state index contributed by atoms with van der Waals surface area (Å²) in [7, 11) is 1.63. The molecule has 1 aliphatic carbocycles. The third kappa shape index (κ3) is 5.44. The Kier molecular flexibility index (Phi) is 7.04. The number of amides is 1. The first-order valence-corrected chi connectivity index (χ1v) is 13.0. The average molecular weight is 504 g/mol. The molecule has 7 nitrogen and oxygen atoms in total. The lowest BCUT2D eigenvalue weighted by Crippen LogP contribution is -2.23. The van der Waals surface area contributed by atoms with Gasteiger partial charge in [0.2, 0.25) is 0 Å². The minimum absolute atomic E-state index is 0.203. The minimum Gasteiger partial charge on any atom is -0.497 e. The Morgan fingerprint density at radius 2 is 1.78 bits per heavy atom. The Morgan fingerprint density at radius 3 is 2.42 bits per heavy atom. The molecule has 8 heteroatoms. The predicted molar refractivity (Wildman–Crippen MR) is 140 cm³/mol. The summed E-state index contributed by atoms with van der Waals surface area (Å²) in [6.45, 7) is 0.423. The Labute approximate surface area is 213 Å². The van der Waals surface area contributed by atoms with Gasteiger partial charge >= 0.3 is 5.97 Å². The number of hydrogen-bond acceptors (Lipinski definition) is 5. The highest BCUT2D eigenvalue weighted by Gasteiger charge is 2.24. The van der Waals surface area contributed by atoms with Crippen LogP contribution in [0.2, 0.25) is 0 Å². The second-order valence-electron chi connectivity index (χ2n) is 9.38. The number of hydrogen-bond donors (Lipinski definition) is 2. The zero-order valence-corrected chi connectivity index (χ0v) is 21.0. The summed E-state index contributed by atoms with van der Waals surface area (Å²) in [4.78, 5) is 29.9. The molecule has 1 amide bonds. The zero-order chi connectivity index (χ0) is 25.1. The molecule has 2 aromatic heterocycles. The standard InChI is InChI=1S/C28H29N3O4S/c1-35-23-12-4-19(5-13-23)15-29-27(34)24-16-31-17-25(36-28(31)30-24)22-10-8-21(9-11-22)20-6-2-18(3-7-20)14-26(32)33/h4-5,8-13,16-18,20H,2-3,6-7,14-15H2,1H3,(H,29,34)(H,32,33). The van der Waals surface area contributed by atoms with E-state index >= 15 is 0 Å². The lowest BCUT2D eigenvalue weighted by molar-refractivity contribution is -0.138. The summed E-state index contributed by atoms with van der Waals surface area (Å²) in [5, 5.41) is 11.9. The van der Waals surface area contributed by atoms with Crippen molar-refractivity contribution in [1.29, 1.82) is 0 Å². The summed E-state index contributed by atoms with van der Waals surface area (Å²) in [5.41, 5.74) is 3.84. The summed E-state index contributed by atoms with van der Waals surface area (Å²) < 4.78 is 7.07. The number of fused-ring (bicyclic) bond motifs is 1. The van der Waals surface area contributed by atoms with E-state index in [2.05, 4.69) is 34.6 Å². The molecule has 5 rings (SSSR count). The van der Waals surface area contributed by atoms with E-state index in [0.717, 1.165) is 52.4 Å². The lowest BCUT2D eigenvalue weighted by atomic mass is 9.77. The van der Waals surface area contributed by atoms with Crippen LogP contribution < -0.4 is 10.1 Å². The molecule has 0 saturated heterocycles. The van der Waals surface area contributed by atoms with Gasteiger partial charge in [-0.05, 0) is 66.3 Å². The van der Waals surface area contributed by atoms with Crippen LogP contribution in [0.1, 0.15) is 59.6 Å². The van der Waals surface area contributed by atoms with Crippen LogP contribution in [0.3, 0.4) is 0 Å². The number of aromatic nitrogens is 2. The second-order valence-corrected chi connectivity index (χ2v) is 10.4. The number of nitrogens with one attached hydrogen (secondary N) is 1. The molecule has 0 bridgehead atoms.